The summed E-state index contributed by atoms with van der Waals surface area (Å²) in [6, 6.07) is 7.34. The largest absolute Gasteiger partial charge is 0.371 e. The number of nitrogens with zero attached hydrogens (tertiary/aromatic N) is 1. The highest BCUT2D eigenvalue weighted by molar-refractivity contribution is 7.99. The van der Waals surface area contributed by atoms with Gasteiger partial charge in [0.15, 0.2) is 9.84 Å². The van der Waals surface area contributed by atoms with Crippen molar-refractivity contribution in [2.24, 2.45) is 0 Å². The van der Waals surface area contributed by atoms with E-state index in [0.717, 1.165) is 31.6 Å². The Kier molecular flexibility index (Phi) is 6.57. The second kappa shape index (κ2) is 8.25. The van der Waals surface area contributed by atoms with Crippen molar-refractivity contribution < 1.29 is 13.2 Å². The molecular weight excluding hydrogens is 344 g/mol. The second-order valence-corrected chi connectivity index (χ2v) is 9.50. The Labute approximate surface area is 149 Å². The van der Waals surface area contributed by atoms with Gasteiger partial charge in [-0.2, -0.15) is 11.8 Å². The van der Waals surface area contributed by atoms with Crippen molar-refractivity contribution in [2.45, 2.75) is 42.9 Å². The van der Waals surface area contributed by atoms with E-state index in [1.807, 2.05) is 25.3 Å². The molecule has 0 aliphatic carbocycles. The number of thioether (sulfide) groups is 1. The molecule has 1 fully saturated rings. The summed E-state index contributed by atoms with van der Waals surface area (Å²) in [5.41, 5.74) is 1.03. The lowest BCUT2D eigenvalue weighted by atomic mass is 10.0. The van der Waals surface area contributed by atoms with Crippen LogP contribution in [0.1, 0.15) is 26.7 Å². The van der Waals surface area contributed by atoms with Gasteiger partial charge in [-0.05, 0) is 50.3 Å². The van der Waals surface area contributed by atoms with E-state index in [4.69, 9.17) is 0 Å². The van der Waals surface area contributed by atoms with Crippen LogP contribution in [-0.4, -0.2) is 50.7 Å². The van der Waals surface area contributed by atoms with Crippen LogP contribution in [0.5, 0.6) is 0 Å². The predicted molar refractivity (Wildman–Crippen MR) is 101 cm³/mol. The Morgan fingerprint density at radius 3 is 2.38 bits per heavy atom. The summed E-state index contributed by atoms with van der Waals surface area (Å²) in [7, 11) is -3.15. The molecule has 5 nitrogen and oxygen atoms in total. The molecule has 0 bridgehead atoms. The minimum Gasteiger partial charge on any atom is -0.371 e. The average molecular weight is 371 g/mol. The van der Waals surface area contributed by atoms with Crippen molar-refractivity contribution in [1.29, 1.82) is 0 Å². The highest BCUT2D eigenvalue weighted by atomic mass is 32.2. The van der Waals surface area contributed by atoms with E-state index in [2.05, 4.69) is 10.2 Å². The number of piperidine rings is 1. The van der Waals surface area contributed by atoms with Crippen LogP contribution in [0, 0.1) is 0 Å². The van der Waals surface area contributed by atoms with E-state index < -0.39 is 9.84 Å². The minimum absolute atomic E-state index is 0.0175. The molecule has 0 aromatic heterocycles. The van der Waals surface area contributed by atoms with Gasteiger partial charge in [-0.3, -0.25) is 4.79 Å². The summed E-state index contributed by atoms with van der Waals surface area (Å²) in [6.45, 7) is 5.29. The lowest BCUT2D eigenvalue weighted by Gasteiger charge is -2.34. The molecular formula is C17H26N2O3S2. The number of amides is 1. The number of anilines is 1. The Hall–Kier alpha value is -1.21. The number of nitrogens with one attached hydrogen (secondary N) is 1. The van der Waals surface area contributed by atoms with Crippen molar-refractivity contribution in [1.82, 2.24) is 5.32 Å². The summed E-state index contributed by atoms with van der Waals surface area (Å²) in [5.74, 6) is 0.224. The van der Waals surface area contributed by atoms with Crippen LogP contribution in [-0.2, 0) is 14.6 Å². The summed E-state index contributed by atoms with van der Waals surface area (Å²) in [5, 5.41) is 3.09. The smallest absolute Gasteiger partial charge is 0.233 e. The lowest BCUT2D eigenvalue weighted by molar-refractivity contribution is -0.121. The fourth-order valence-electron chi connectivity index (χ4n) is 2.74. The monoisotopic (exact) mass is 370 g/mol. The first-order valence-corrected chi connectivity index (χ1v) is 11.2. The van der Waals surface area contributed by atoms with E-state index in [9.17, 15) is 13.2 Å². The highest BCUT2D eigenvalue weighted by Crippen LogP contribution is 2.22. The van der Waals surface area contributed by atoms with Crippen LogP contribution in [0.2, 0.25) is 0 Å². The SMILES string of the molecule is CCS(=O)(=O)c1ccc(N2CCC(NC(=O)[C@H](C)SC)CC2)cc1. The highest BCUT2D eigenvalue weighted by Gasteiger charge is 2.23. The average Bonchev–Trinajstić information content (AvgIpc) is 2.61. The van der Waals surface area contributed by atoms with Gasteiger partial charge < -0.3 is 10.2 Å². The van der Waals surface area contributed by atoms with Crippen LogP contribution in [0.4, 0.5) is 5.69 Å². The number of rotatable bonds is 6. The van der Waals surface area contributed by atoms with Crippen LogP contribution in [0.15, 0.2) is 29.2 Å². The number of benzene rings is 1. The minimum atomic E-state index is -3.15. The van der Waals surface area contributed by atoms with Gasteiger partial charge in [0.2, 0.25) is 5.91 Å². The van der Waals surface area contributed by atoms with Crippen molar-refractivity contribution in [3.8, 4) is 0 Å². The third-order valence-electron chi connectivity index (χ3n) is 4.51. The van der Waals surface area contributed by atoms with E-state index in [-0.39, 0.29) is 23.0 Å². The molecule has 24 heavy (non-hydrogen) atoms. The van der Waals surface area contributed by atoms with Crippen LogP contribution >= 0.6 is 11.8 Å². The zero-order valence-electron chi connectivity index (χ0n) is 14.5. The molecule has 1 aliphatic heterocycles. The predicted octanol–water partition coefficient (Wildman–Crippen LogP) is 2.32. The van der Waals surface area contributed by atoms with Gasteiger partial charge >= 0.3 is 0 Å². The van der Waals surface area contributed by atoms with Gasteiger partial charge in [0.05, 0.1) is 15.9 Å². The van der Waals surface area contributed by atoms with Gasteiger partial charge in [-0.1, -0.05) is 6.92 Å². The topological polar surface area (TPSA) is 66.5 Å². The number of carbonyl (C=O) groups excluding carboxylic acids is 1. The number of carbonyl (C=O) groups is 1. The Balaban J connectivity index is 1.92. The van der Waals surface area contributed by atoms with Crippen LogP contribution < -0.4 is 10.2 Å². The molecule has 0 unspecified atom stereocenters. The molecule has 1 N–H and O–H groups in total. The first-order chi connectivity index (χ1) is 11.4. The third-order valence-corrected chi connectivity index (χ3v) is 7.18. The molecule has 1 aromatic carbocycles. The molecule has 1 heterocycles. The molecule has 0 saturated carbocycles. The van der Waals surface area contributed by atoms with Gasteiger partial charge in [0.25, 0.3) is 0 Å². The van der Waals surface area contributed by atoms with Gasteiger partial charge in [0.1, 0.15) is 0 Å². The standard InChI is InChI=1S/C17H26N2O3S2/c1-4-24(21,22)16-7-5-15(6-8-16)19-11-9-14(10-12-19)18-17(20)13(2)23-3/h5-8,13-14H,4,9-12H2,1-3H3,(H,18,20)/t13-/m0/s1. The zero-order valence-corrected chi connectivity index (χ0v) is 16.1. The first-order valence-electron chi connectivity index (χ1n) is 8.28. The normalized spacial score (nSPS) is 17.5. The number of hydrogen-bond acceptors (Lipinski definition) is 5. The maximum atomic E-state index is 12.0. The van der Waals surface area contributed by atoms with Crippen molar-refractivity contribution in [3.05, 3.63) is 24.3 Å². The quantitative estimate of drug-likeness (QED) is 0.832. The van der Waals surface area contributed by atoms with Crippen molar-refractivity contribution >= 4 is 33.2 Å². The molecule has 134 valence electrons. The molecule has 1 aromatic rings. The maximum absolute atomic E-state index is 12.0. The first kappa shape index (κ1) is 19.1. The molecule has 1 aliphatic rings. The molecule has 1 atom stereocenters. The molecule has 2 rings (SSSR count). The van der Waals surface area contributed by atoms with Gasteiger partial charge in [0, 0.05) is 24.8 Å². The lowest BCUT2D eigenvalue weighted by Crippen LogP contribution is -2.46. The second-order valence-electron chi connectivity index (χ2n) is 6.05. The van der Waals surface area contributed by atoms with E-state index in [0.29, 0.717) is 4.90 Å². The molecule has 0 radical (unpaired) electrons. The van der Waals surface area contributed by atoms with Crippen molar-refractivity contribution in [2.75, 3.05) is 30.0 Å². The van der Waals surface area contributed by atoms with Gasteiger partial charge in [-0.15, -0.1) is 0 Å². The maximum Gasteiger partial charge on any atom is 0.233 e. The molecule has 0 spiro atoms. The fourth-order valence-corrected chi connectivity index (χ4v) is 3.90. The van der Waals surface area contributed by atoms with E-state index in [1.165, 1.54) is 0 Å². The number of hydrogen-bond donors (Lipinski definition) is 1. The van der Waals surface area contributed by atoms with Gasteiger partial charge in [-0.25, -0.2) is 8.42 Å². The molecule has 1 amide bonds. The Bertz CT molecular complexity index is 651. The van der Waals surface area contributed by atoms with Crippen LogP contribution in [0.25, 0.3) is 0 Å². The van der Waals surface area contributed by atoms with E-state index in [1.54, 1.807) is 30.8 Å². The third kappa shape index (κ3) is 4.66. The summed E-state index contributed by atoms with van der Waals surface area (Å²) < 4.78 is 23.7. The number of sulfone groups is 1. The summed E-state index contributed by atoms with van der Waals surface area (Å²) >= 11 is 1.55. The summed E-state index contributed by atoms with van der Waals surface area (Å²) in [4.78, 5) is 14.6. The molecule has 7 heteroatoms. The Morgan fingerprint density at radius 2 is 1.88 bits per heavy atom. The van der Waals surface area contributed by atoms with Crippen molar-refractivity contribution in [3.63, 3.8) is 0 Å². The molecule has 1 saturated heterocycles. The summed E-state index contributed by atoms with van der Waals surface area (Å²) in [6.07, 6.45) is 3.75. The fraction of sp³-hybridized carbons (Fsp3) is 0.588. The van der Waals surface area contributed by atoms with Crippen LogP contribution in [0.3, 0.4) is 0 Å². The zero-order chi connectivity index (χ0) is 17.7. The van der Waals surface area contributed by atoms with E-state index >= 15 is 0 Å². The Morgan fingerprint density at radius 1 is 1.29 bits per heavy atom.